The summed E-state index contributed by atoms with van der Waals surface area (Å²) in [5.74, 6) is 1.53. The van der Waals surface area contributed by atoms with E-state index in [4.69, 9.17) is 4.74 Å². The van der Waals surface area contributed by atoms with Gasteiger partial charge >= 0.3 is 0 Å². The van der Waals surface area contributed by atoms with Crippen molar-refractivity contribution in [3.05, 3.63) is 102 Å². The third-order valence-corrected chi connectivity index (χ3v) is 8.83. The molecule has 5 rings (SSSR count). The molecule has 0 spiro atoms. The molecule has 0 N–H and O–H groups in total. The number of hydrogen-bond donors (Lipinski definition) is 0. The highest BCUT2D eigenvalue weighted by molar-refractivity contribution is 5.46. The Kier molecular flexibility index (Phi) is 6.93. The van der Waals surface area contributed by atoms with Gasteiger partial charge in [-0.25, -0.2) is 0 Å². The second-order valence-corrected chi connectivity index (χ2v) is 10.8. The molecule has 0 aromatic heterocycles. The number of hydrogen-bond acceptors (Lipinski definition) is 2. The van der Waals surface area contributed by atoms with Crippen molar-refractivity contribution >= 4 is 0 Å². The fourth-order valence-corrected chi connectivity index (χ4v) is 6.96. The van der Waals surface area contributed by atoms with Crippen LogP contribution in [0.25, 0.3) is 0 Å². The van der Waals surface area contributed by atoms with Crippen LogP contribution in [-0.4, -0.2) is 36.8 Å². The lowest BCUT2D eigenvalue weighted by Crippen LogP contribution is -2.58. The second-order valence-electron chi connectivity index (χ2n) is 10.8. The van der Waals surface area contributed by atoms with Gasteiger partial charge in [0.2, 0.25) is 0 Å². The van der Waals surface area contributed by atoms with Gasteiger partial charge in [-0.2, -0.15) is 5.26 Å². The Labute approximate surface area is 210 Å². The Morgan fingerprint density at radius 2 is 1.34 bits per heavy atom. The third-order valence-electron chi connectivity index (χ3n) is 8.83. The molecule has 0 amide bonds. The normalized spacial score (nSPS) is 25.7. The van der Waals surface area contributed by atoms with Crippen LogP contribution in [0, 0.1) is 17.2 Å². The van der Waals surface area contributed by atoms with Crippen LogP contribution < -0.4 is 4.74 Å². The van der Waals surface area contributed by atoms with Crippen LogP contribution in [-0.2, 0) is 5.41 Å². The van der Waals surface area contributed by atoms with Crippen molar-refractivity contribution in [3.8, 4) is 11.8 Å². The number of nitrogens with zero attached hydrogens (tertiary/aromatic N) is 2. The zero-order valence-corrected chi connectivity index (χ0v) is 20.9. The monoisotopic (exact) mass is 465 g/mol. The van der Waals surface area contributed by atoms with E-state index in [-0.39, 0.29) is 0 Å². The van der Waals surface area contributed by atoms with Crippen molar-refractivity contribution in [3.63, 3.8) is 0 Å². The van der Waals surface area contributed by atoms with Crippen molar-refractivity contribution in [2.24, 2.45) is 5.92 Å². The molecular weight excluding hydrogens is 428 g/mol. The summed E-state index contributed by atoms with van der Waals surface area (Å²) >= 11 is 0. The molecule has 3 nitrogen and oxygen atoms in total. The predicted molar refractivity (Wildman–Crippen MR) is 141 cm³/mol. The van der Waals surface area contributed by atoms with Crippen molar-refractivity contribution < 1.29 is 9.22 Å². The summed E-state index contributed by atoms with van der Waals surface area (Å²) in [4.78, 5) is 0. The number of benzene rings is 3. The molecule has 2 heterocycles. The first-order valence-electron chi connectivity index (χ1n) is 13.2. The van der Waals surface area contributed by atoms with E-state index in [0.29, 0.717) is 18.0 Å². The van der Waals surface area contributed by atoms with E-state index >= 15 is 0 Å². The van der Waals surface area contributed by atoms with Gasteiger partial charge < -0.3 is 9.22 Å². The summed E-state index contributed by atoms with van der Waals surface area (Å²) in [7, 11) is 2.48. The molecule has 0 aliphatic carbocycles. The Hall–Kier alpha value is -3.09. The summed E-state index contributed by atoms with van der Waals surface area (Å²) in [6.45, 7) is 1.95. The first-order valence-corrected chi connectivity index (χ1v) is 13.2. The number of fused-ring (bicyclic) bond motifs is 2. The fraction of sp³-hybridized carbons (Fsp3) is 0.406. The van der Waals surface area contributed by atoms with Gasteiger partial charge in [-0.1, -0.05) is 78.9 Å². The maximum atomic E-state index is 10.6. The average molecular weight is 466 g/mol. The van der Waals surface area contributed by atoms with Crippen molar-refractivity contribution in [2.45, 2.75) is 56.0 Å². The molecule has 2 saturated heterocycles. The molecule has 180 valence electrons. The molecule has 3 heteroatoms. The quantitative estimate of drug-likeness (QED) is 0.259. The first-order chi connectivity index (χ1) is 17.1. The van der Waals surface area contributed by atoms with E-state index in [0.717, 1.165) is 36.3 Å². The minimum atomic E-state index is -0.586. The van der Waals surface area contributed by atoms with Gasteiger partial charge in [0.1, 0.15) is 11.2 Å². The van der Waals surface area contributed by atoms with Crippen LogP contribution in [0.3, 0.4) is 0 Å². The molecule has 2 aliphatic rings. The summed E-state index contributed by atoms with van der Waals surface area (Å²) in [6, 6.07) is 35.3. The largest absolute Gasteiger partial charge is 0.493 e. The lowest BCUT2D eigenvalue weighted by Gasteiger charge is -2.48. The Bertz CT molecular complexity index is 1070. The Morgan fingerprint density at radius 3 is 1.86 bits per heavy atom. The first kappa shape index (κ1) is 23.6. The van der Waals surface area contributed by atoms with Crippen molar-refractivity contribution in [2.75, 3.05) is 20.2 Å². The topological polar surface area (TPSA) is 33.0 Å². The third kappa shape index (κ3) is 4.73. The smallest absolute Gasteiger partial charge is 0.119 e. The summed E-state index contributed by atoms with van der Waals surface area (Å²) < 4.78 is 7.17. The molecule has 0 radical (unpaired) electrons. The standard InChI is InChI=1S/C32H37N2O/c1-34(20-11-21-35-31-16-9-4-10-17-31)29-18-19-30(34)23-26(22-29)24-32(25-33,27-12-5-2-6-13-27)28-14-7-3-8-15-28/h2-10,12-17,26,29-30H,11,18-24H2,1H3/q+1/t26?,29-,30+,34?. The van der Waals surface area contributed by atoms with Crippen LogP contribution in [0.1, 0.15) is 49.7 Å². The van der Waals surface area contributed by atoms with Crippen molar-refractivity contribution in [1.29, 1.82) is 5.26 Å². The number of ether oxygens (including phenoxy) is 1. The van der Waals surface area contributed by atoms with Crippen molar-refractivity contribution in [1.82, 2.24) is 0 Å². The second kappa shape index (κ2) is 10.3. The summed E-state index contributed by atoms with van der Waals surface area (Å²) in [5.41, 5.74) is 1.67. The zero-order valence-electron chi connectivity index (χ0n) is 20.9. The van der Waals surface area contributed by atoms with E-state index in [1.165, 1.54) is 36.7 Å². The van der Waals surface area contributed by atoms with Gasteiger partial charge in [0.05, 0.1) is 38.4 Å². The number of nitriles is 1. The molecule has 0 saturated carbocycles. The van der Waals surface area contributed by atoms with Crippen LogP contribution in [0.4, 0.5) is 0 Å². The van der Waals surface area contributed by atoms with E-state index in [1.54, 1.807) is 0 Å². The molecule has 2 aliphatic heterocycles. The summed E-state index contributed by atoms with van der Waals surface area (Å²) in [6.07, 6.45) is 7.05. The van der Waals surface area contributed by atoms with Crippen LogP contribution >= 0.6 is 0 Å². The summed E-state index contributed by atoms with van der Waals surface area (Å²) in [5, 5.41) is 10.6. The molecule has 3 aromatic carbocycles. The minimum absolute atomic E-state index is 0.569. The number of para-hydroxylation sites is 1. The lowest BCUT2D eigenvalue weighted by atomic mass is 9.67. The van der Waals surface area contributed by atoms with E-state index in [1.807, 2.05) is 42.5 Å². The highest BCUT2D eigenvalue weighted by atomic mass is 16.5. The van der Waals surface area contributed by atoms with E-state index in [9.17, 15) is 5.26 Å². The number of piperidine rings is 1. The highest BCUT2D eigenvalue weighted by Gasteiger charge is 2.52. The molecule has 2 bridgehead atoms. The van der Waals surface area contributed by atoms with Gasteiger partial charge in [-0.15, -0.1) is 0 Å². The molecule has 4 atom stereocenters. The SMILES string of the molecule is C[N+]1(CCCOc2ccccc2)[C@@H]2CC[C@H]1CC(CC(C#N)(c1ccccc1)c1ccccc1)C2. The van der Waals surface area contributed by atoms with Gasteiger partial charge in [-0.3, -0.25) is 0 Å². The Balaban J connectivity index is 1.29. The zero-order chi connectivity index (χ0) is 24.1. The number of quaternary nitrogens is 1. The highest BCUT2D eigenvalue weighted by Crippen LogP contribution is 2.48. The predicted octanol–water partition coefficient (Wildman–Crippen LogP) is 6.74. The van der Waals surface area contributed by atoms with Gasteiger partial charge in [0, 0.05) is 32.1 Å². The molecule has 2 unspecified atom stereocenters. The van der Waals surface area contributed by atoms with Crippen LogP contribution in [0.5, 0.6) is 5.75 Å². The molecule has 3 aromatic rings. The average Bonchev–Trinajstić information content (AvgIpc) is 3.07. The van der Waals surface area contributed by atoms with Gasteiger partial charge in [0.15, 0.2) is 0 Å². The van der Waals surface area contributed by atoms with Crippen LogP contribution in [0.15, 0.2) is 91.0 Å². The van der Waals surface area contributed by atoms with E-state index < -0.39 is 5.41 Å². The fourth-order valence-electron chi connectivity index (χ4n) is 6.96. The van der Waals surface area contributed by atoms with Crippen LogP contribution in [0.2, 0.25) is 0 Å². The molecule has 2 fully saturated rings. The van der Waals surface area contributed by atoms with Gasteiger partial charge in [0.25, 0.3) is 0 Å². The maximum Gasteiger partial charge on any atom is 0.119 e. The maximum absolute atomic E-state index is 10.6. The Morgan fingerprint density at radius 1 is 0.829 bits per heavy atom. The van der Waals surface area contributed by atoms with Gasteiger partial charge in [-0.05, 0) is 35.6 Å². The molecular formula is C32H37N2O+. The molecule has 35 heavy (non-hydrogen) atoms. The van der Waals surface area contributed by atoms with E-state index in [2.05, 4.69) is 61.6 Å². The lowest BCUT2D eigenvalue weighted by molar-refractivity contribution is -0.949. The number of rotatable bonds is 9. The minimum Gasteiger partial charge on any atom is -0.493 e.